The van der Waals surface area contributed by atoms with E-state index in [0.717, 1.165) is 67.7 Å². The number of hydrogen-bond donors (Lipinski definition) is 0. The Morgan fingerprint density at radius 3 is 2.27 bits per heavy atom. The maximum atomic E-state index is 13.4. The Morgan fingerprint density at radius 1 is 0.978 bits per heavy atom. The van der Waals surface area contributed by atoms with E-state index < -0.39 is 34.5 Å². The average molecular weight is 669 g/mol. The van der Waals surface area contributed by atoms with Crippen molar-refractivity contribution in [3.05, 3.63) is 54.1 Å². The lowest BCUT2D eigenvalue weighted by Gasteiger charge is -2.35. The minimum absolute atomic E-state index is 0.00371. The third-order valence-corrected chi connectivity index (χ3v) is 19.6. The number of rotatable bonds is 15. The normalized spacial score (nSPS) is 24.7. The van der Waals surface area contributed by atoms with Crippen molar-refractivity contribution >= 4 is 22.6 Å². The monoisotopic (exact) mass is 668 g/mol. The summed E-state index contributed by atoms with van der Waals surface area (Å²) in [6.07, 6.45) is 6.94. The molecule has 0 spiro atoms. The first-order chi connectivity index (χ1) is 21.5. The lowest BCUT2D eigenvalue weighted by molar-refractivity contribution is -0.151. The van der Waals surface area contributed by atoms with Gasteiger partial charge in [0, 0.05) is 24.7 Å². The van der Waals surface area contributed by atoms with E-state index >= 15 is 0 Å². The summed E-state index contributed by atoms with van der Waals surface area (Å²) in [4.78, 5) is 12.7. The number of carbonyl (C=O) groups is 1. The fourth-order valence-corrected chi connectivity index (χ4v) is 12.5. The molecule has 0 unspecified atom stereocenters. The van der Waals surface area contributed by atoms with E-state index in [1.807, 2.05) is 0 Å². The smallest absolute Gasteiger partial charge is 0.416 e. The summed E-state index contributed by atoms with van der Waals surface area (Å²) in [6.45, 7) is 13.2. The van der Waals surface area contributed by atoms with Crippen molar-refractivity contribution in [3.63, 3.8) is 0 Å². The number of fused-ring (bicyclic) bond motifs is 1. The molecule has 1 saturated carbocycles. The van der Waals surface area contributed by atoms with Crippen molar-refractivity contribution in [3.8, 4) is 5.75 Å². The molecule has 1 aliphatic carbocycles. The molecule has 3 rings (SSSR count). The number of alkyl halides is 3. The van der Waals surface area contributed by atoms with Gasteiger partial charge in [-0.05, 0) is 73.7 Å². The van der Waals surface area contributed by atoms with Gasteiger partial charge in [0.1, 0.15) is 18.5 Å². The highest BCUT2D eigenvalue weighted by molar-refractivity contribution is 6.74. The number of allylic oxidation sites excluding steroid dienone is 2. The van der Waals surface area contributed by atoms with Gasteiger partial charge in [-0.1, -0.05) is 71.9 Å². The van der Waals surface area contributed by atoms with E-state index in [-0.39, 0.29) is 42.4 Å². The number of esters is 1. The third kappa shape index (κ3) is 10.3. The van der Waals surface area contributed by atoms with Gasteiger partial charge in [0.2, 0.25) is 0 Å². The fraction of sp³-hybridized carbons (Fsp3) is 0.686. The predicted molar refractivity (Wildman–Crippen MR) is 179 cm³/mol. The van der Waals surface area contributed by atoms with Gasteiger partial charge < -0.3 is 18.3 Å². The minimum Gasteiger partial charge on any atom is -0.491 e. The molecule has 45 heavy (non-hydrogen) atoms. The summed E-state index contributed by atoms with van der Waals surface area (Å²) >= 11 is 0. The average Bonchev–Trinajstić information content (AvgIpc) is 3.35. The van der Waals surface area contributed by atoms with Crippen molar-refractivity contribution in [1.82, 2.24) is 0 Å². The maximum absolute atomic E-state index is 13.4. The van der Waals surface area contributed by atoms with Gasteiger partial charge in [-0.2, -0.15) is 13.2 Å². The summed E-state index contributed by atoms with van der Waals surface area (Å²) < 4.78 is 66.2. The van der Waals surface area contributed by atoms with E-state index in [9.17, 15) is 18.0 Å². The molecule has 0 aromatic heterocycles. The molecule has 1 aromatic rings. The van der Waals surface area contributed by atoms with Crippen LogP contribution >= 0.6 is 0 Å². The Bertz CT molecular complexity index is 1100. The van der Waals surface area contributed by atoms with Gasteiger partial charge in [0.05, 0.1) is 17.8 Å². The Kier molecular flexibility index (Phi) is 14.5. The second-order valence-electron chi connectivity index (χ2n) is 12.6. The van der Waals surface area contributed by atoms with Gasteiger partial charge in [-0.15, -0.1) is 0 Å². The quantitative estimate of drug-likeness (QED) is 0.106. The van der Waals surface area contributed by atoms with Crippen LogP contribution in [0.2, 0.25) is 36.3 Å². The van der Waals surface area contributed by atoms with Crippen molar-refractivity contribution in [2.24, 2.45) is 11.8 Å². The standard InChI is InChI=1S/C35H55F3O5Si2/c1-7-44(8-2,9-3)42-29(26-40-28-19-17-18-27(24-28)35(36,37)38)22-23-31-30-20-15-13-14-16-21-34(39)41-32(30)25-33(31)43-45(10-4,11-5)12-6/h13,15,17-19,22-24,29-33H,7-12,14,16,20-21,25-26H2,1-6H3/b15-13-,23-22+/t29-,30-,31-,32+,33-/m1/s1. The summed E-state index contributed by atoms with van der Waals surface area (Å²) in [6, 6.07) is 10.9. The summed E-state index contributed by atoms with van der Waals surface area (Å²) in [5.41, 5.74) is -0.738. The van der Waals surface area contributed by atoms with Crippen LogP contribution in [0.5, 0.6) is 5.75 Å². The van der Waals surface area contributed by atoms with Gasteiger partial charge >= 0.3 is 12.1 Å². The minimum atomic E-state index is -4.45. The molecule has 2 aliphatic rings. The van der Waals surface area contributed by atoms with Crippen molar-refractivity contribution in [2.75, 3.05) is 6.61 Å². The summed E-state index contributed by atoms with van der Waals surface area (Å²) in [5, 5.41) is 0. The molecular formula is C35H55F3O5Si2. The number of ether oxygens (including phenoxy) is 2. The molecule has 0 bridgehead atoms. The molecule has 0 amide bonds. The Morgan fingerprint density at radius 2 is 1.64 bits per heavy atom. The zero-order valence-electron chi connectivity index (χ0n) is 28.2. The summed E-state index contributed by atoms with van der Waals surface area (Å²) in [5.74, 6) is 0.0927. The molecular weight excluding hydrogens is 614 g/mol. The van der Waals surface area contributed by atoms with Gasteiger partial charge in [-0.3, -0.25) is 4.79 Å². The highest BCUT2D eigenvalue weighted by atomic mass is 28.4. The van der Waals surface area contributed by atoms with E-state index in [1.165, 1.54) is 6.07 Å². The molecule has 1 aromatic carbocycles. The largest absolute Gasteiger partial charge is 0.491 e. The molecule has 0 radical (unpaired) electrons. The second kappa shape index (κ2) is 17.3. The molecule has 1 fully saturated rings. The summed E-state index contributed by atoms with van der Waals surface area (Å²) in [7, 11) is -4.07. The predicted octanol–water partition coefficient (Wildman–Crippen LogP) is 10.1. The molecule has 1 heterocycles. The highest BCUT2D eigenvalue weighted by Gasteiger charge is 2.47. The van der Waals surface area contributed by atoms with Crippen molar-refractivity contribution < 1.29 is 36.3 Å². The first-order valence-corrected chi connectivity index (χ1v) is 22.2. The van der Waals surface area contributed by atoms with E-state index in [2.05, 4.69) is 65.8 Å². The van der Waals surface area contributed by atoms with Crippen LogP contribution in [0.3, 0.4) is 0 Å². The number of hydrogen-bond acceptors (Lipinski definition) is 5. The zero-order chi connectivity index (χ0) is 33.1. The van der Waals surface area contributed by atoms with Crippen LogP contribution in [-0.2, 0) is 24.6 Å². The Labute approximate surface area is 271 Å². The molecule has 1 aliphatic heterocycles. The van der Waals surface area contributed by atoms with Crippen LogP contribution in [0.4, 0.5) is 13.2 Å². The number of halogens is 3. The number of carbonyl (C=O) groups excluding carboxylic acids is 1. The molecule has 10 heteroatoms. The Hall–Kier alpha value is -1.89. The van der Waals surface area contributed by atoms with E-state index in [0.29, 0.717) is 12.8 Å². The number of benzene rings is 1. The van der Waals surface area contributed by atoms with Crippen LogP contribution < -0.4 is 4.74 Å². The van der Waals surface area contributed by atoms with Crippen LogP contribution in [0.1, 0.15) is 79.2 Å². The SMILES string of the molecule is CC[Si](CC)(CC)O[C@H](/C=C/[C@@H]1[C@H]2C/C=C\CCCC(=O)O[C@H]2C[C@H]1O[Si](CC)(CC)CC)COc1cccc(C(F)(F)F)c1. The molecule has 5 nitrogen and oxygen atoms in total. The van der Waals surface area contributed by atoms with Gasteiger partial charge in [0.15, 0.2) is 16.6 Å². The molecule has 0 saturated heterocycles. The van der Waals surface area contributed by atoms with Crippen molar-refractivity contribution in [2.45, 2.75) is 134 Å². The fourth-order valence-electron chi connectivity index (χ4n) is 6.85. The lowest BCUT2D eigenvalue weighted by atomic mass is 9.89. The second-order valence-corrected chi connectivity index (χ2v) is 22.1. The topological polar surface area (TPSA) is 54.0 Å². The Balaban J connectivity index is 1.97. The first kappa shape index (κ1) is 37.6. The third-order valence-electron chi connectivity index (χ3n) is 10.3. The van der Waals surface area contributed by atoms with Crippen LogP contribution in [-0.4, -0.2) is 47.5 Å². The molecule has 0 N–H and O–H groups in total. The molecule has 5 atom stereocenters. The molecule has 254 valence electrons. The first-order valence-electron chi connectivity index (χ1n) is 17.2. The highest BCUT2D eigenvalue weighted by Crippen LogP contribution is 2.43. The maximum Gasteiger partial charge on any atom is 0.416 e. The van der Waals surface area contributed by atoms with Gasteiger partial charge in [-0.25, -0.2) is 0 Å². The van der Waals surface area contributed by atoms with E-state index in [1.54, 1.807) is 6.07 Å². The van der Waals surface area contributed by atoms with E-state index in [4.69, 9.17) is 18.3 Å². The zero-order valence-corrected chi connectivity index (χ0v) is 30.2. The van der Waals surface area contributed by atoms with Crippen LogP contribution in [0, 0.1) is 11.8 Å². The lowest BCUT2D eigenvalue weighted by Crippen LogP contribution is -2.42. The van der Waals surface area contributed by atoms with Crippen LogP contribution in [0.25, 0.3) is 0 Å². The van der Waals surface area contributed by atoms with Crippen molar-refractivity contribution in [1.29, 1.82) is 0 Å². The van der Waals surface area contributed by atoms with Crippen LogP contribution in [0.15, 0.2) is 48.6 Å². The van der Waals surface area contributed by atoms with Gasteiger partial charge in [0.25, 0.3) is 0 Å².